The summed E-state index contributed by atoms with van der Waals surface area (Å²) < 4.78 is 121. The molecule has 0 aliphatic carbocycles. The molecular weight excluding hydrogens is 691 g/mol. The summed E-state index contributed by atoms with van der Waals surface area (Å²) in [5, 5.41) is 0. The standard InChI is InChI=1S/C30H61N3O10S4/c1-6-7-8-9-10-11-12-13-14-15-16-31(25-44(34,35)21-27-17-32(2,3)19-29(27)23-46(38,39)40)26-45(36,37)22-28-18-33(4,5)20-30(28)24-47(41,42)43/h27-30H,6-26H2,1-5H3/p+2. The summed E-state index contributed by atoms with van der Waals surface area (Å²) in [5.41, 5.74) is 0. The first-order chi connectivity index (χ1) is 21.4. The van der Waals surface area contributed by atoms with E-state index in [4.69, 9.17) is 0 Å². The molecule has 2 rings (SSSR count). The molecule has 0 aromatic heterocycles. The third-order valence-electron chi connectivity index (χ3n) is 9.62. The summed E-state index contributed by atoms with van der Waals surface area (Å²) in [5.74, 6) is -4.75. The van der Waals surface area contributed by atoms with Crippen LogP contribution in [0.2, 0.25) is 0 Å². The molecule has 0 aromatic carbocycles. The van der Waals surface area contributed by atoms with Crippen LogP contribution in [0.15, 0.2) is 0 Å². The molecule has 280 valence electrons. The van der Waals surface area contributed by atoms with Gasteiger partial charge in [-0.25, -0.2) is 16.8 Å². The van der Waals surface area contributed by atoms with E-state index < -0.39 is 86.8 Å². The molecule has 2 aliphatic rings. The molecular formula is C30H63N3O10S4+2. The number of nitrogens with zero attached hydrogens (tertiary/aromatic N) is 3. The molecule has 2 aliphatic heterocycles. The van der Waals surface area contributed by atoms with E-state index >= 15 is 0 Å². The van der Waals surface area contributed by atoms with Gasteiger partial charge in [0.05, 0.1) is 77.4 Å². The highest BCUT2D eigenvalue weighted by Crippen LogP contribution is 2.31. The number of rotatable bonds is 23. The lowest BCUT2D eigenvalue weighted by molar-refractivity contribution is -0.880. The Morgan fingerprint density at radius 2 is 0.809 bits per heavy atom. The SMILES string of the molecule is CCCCCCCCCCCCN(CS(=O)(=O)CC1C[N+](C)(C)CC1CS(=O)(=O)O)CS(=O)(=O)CC1C[N+](C)(C)CC1CS(=O)(=O)O. The maximum Gasteiger partial charge on any atom is 0.265 e. The molecule has 0 amide bonds. The summed E-state index contributed by atoms with van der Waals surface area (Å²) in [7, 11) is -8.81. The molecule has 2 heterocycles. The quantitative estimate of drug-likeness (QED) is 0.0889. The van der Waals surface area contributed by atoms with Gasteiger partial charge in [0, 0.05) is 30.2 Å². The van der Waals surface area contributed by atoms with Crippen molar-refractivity contribution in [1.82, 2.24) is 4.90 Å². The van der Waals surface area contributed by atoms with Crippen LogP contribution in [-0.4, -0.2) is 152 Å². The maximum atomic E-state index is 13.6. The largest absolute Gasteiger partial charge is 0.328 e. The van der Waals surface area contributed by atoms with Gasteiger partial charge in [-0.2, -0.15) is 16.8 Å². The average Bonchev–Trinajstić information content (AvgIpc) is 3.28. The number of quaternary nitrogens is 2. The fourth-order valence-corrected chi connectivity index (χ4v) is 13.7. The van der Waals surface area contributed by atoms with Crippen LogP contribution in [0.3, 0.4) is 0 Å². The van der Waals surface area contributed by atoms with Crippen LogP contribution in [0, 0.1) is 23.7 Å². The first kappa shape index (κ1) is 42.8. The Hall–Kier alpha value is -0.400. The molecule has 13 nitrogen and oxygen atoms in total. The van der Waals surface area contributed by atoms with E-state index in [2.05, 4.69) is 6.92 Å². The predicted molar refractivity (Wildman–Crippen MR) is 186 cm³/mol. The molecule has 4 unspecified atom stereocenters. The minimum absolute atomic E-state index is 0.260. The molecule has 0 spiro atoms. The smallest absolute Gasteiger partial charge is 0.265 e. The second-order valence-corrected chi connectivity index (χ2v) is 22.9. The molecule has 0 saturated carbocycles. The third kappa shape index (κ3) is 17.9. The van der Waals surface area contributed by atoms with Crippen molar-refractivity contribution in [2.24, 2.45) is 23.7 Å². The number of sulfone groups is 2. The number of hydrogen-bond donors (Lipinski definition) is 2. The van der Waals surface area contributed by atoms with E-state index in [9.17, 15) is 42.8 Å². The van der Waals surface area contributed by atoms with Gasteiger partial charge in [-0.05, 0) is 6.42 Å². The lowest BCUT2D eigenvalue weighted by atomic mass is 10.0. The van der Waals surface area contributed by atoms with Crippen LogP contribution in [0.25, 0.3) is 0 Å². The van der Waals surface area contributed by atoms with Gasteiger partial charge < -0.3 is 8.97 Å². The summed E-state index contributed by atoms with van der Waals surface area (Å²) >= 11 is 0. The summed E-state index contributed by atoms with van der Waals surface area (Å²) in [4.78, 5) is 1.45. The maximum absolute atomic E-state index is 13.6. The molecule has 2 fully saturated rings. The molecule has 0 bridgehead atoms. The molecule has 4 atom stereocenters. The fourth-order valence-electron chi connectivity index (χ4n) is 7.88. The highest BCUT2D eigenvalue weighted by Gasteiger charge is 2.46. The van der Waals surface area contributed by atoms with Gasteiger partial charge in [-0.15, -0.1) is 0 Å². The zero-order valence-corrected chi connectivity index (χ0v) is 32.6. The Morgan fingerprint density at radius 3 is 1.13 bits per heavy atom. The van der Waals surface area contributed by atoms with Crippen LogP contribution in [-0.2, 0) is 39.9 Å². The van der Waals surface area contributed by atoms with Gasteiger partial charge in [0.2, 0.25) is 0 Å². The zero-order valence-electron chi connectivity index (χ0n) is 29.3. The minimum atomic E-state index is -4.31. The summed E-state index contributed by atoms with van der Waals surface area (Å²) in [6, 6.07) is 0. The topological polar surface area (TPSA) is 180 Å². The van der Waals surface area contributed by atoms with E-state index in [1.54, 1.807) is 0 Å². The lowest BCUT2D eigenvalue weighted by Gasteiger charge is -2.25. The van der Waals surface area contributed by atoms with Crippen molar-refractivity contribution in [1.29, 1.82) is 0 Å². The van der Waals surface area contributed by atoms with Crippen molar-refractivity contribution < 1.29 is 51.7 Å². The normalized spacial score (nSPS) is 25.1. The molecule has 17 heteroatoms. The Morgan fingerprint density at radius 1 is 0.511 bits per heavy atom. The van der Waals surface area contributed by atoms with Crippen LogP contribution in [0.4, 0.5) is 0 Å². The van der Waals surface area contributed by atoms with Crippen molar-refractivity contribution in [3.05, 3.63) is 0 Å². The first-order valence-corrected chi connectivity index (χ1v) is 23.9. The van der Waals surface area contributed by atoms with Crippen molar-refractivity contribution >= 4 is 39.9 Å². The van der Waals surface area contributed by atoms with E-state index in [0.29, 0.717) is 41.6 Å². The van der Waals surface area contributed by atoms with Gasteiger partial charge in [-0.3, -0.25) is 14.0 Å². The predicted octanol–water partition coefficient (Wildman–Crippen LogP) is 2.37. The van der Waals surface area contributed by atoms with Gasteiger partial charge in [-0.1, -0.05) is 64.7 Å². The Bertz CT molecular complexity index is 1320. The van der Waals surface area contributed by atoms with Crippen molar-refractivity contribution in [3.8, 4) is 0 Å². The Labute approximate surface area is 286 Å². The average molecular weight is 754 g/mol. The second kappa shape index (κ2) is 17.7. The fraction of sp³-hybridized carbons (Fsp3) is 1.00. The van der Waals surface area contributed by atoms with Gasteiger partial charge in [0.1, 0.15) is 11.8 Å². The number of unbranched alkanes of at least 4 members (excludes halogenated alkanes) is 9. The number of hydrogen-bond acceptors (Lipinski definition) is 9. The van der Waals surface area contributed by atoms with Crippen molar-refractivity contribution in [2.75, 3.05) is 95.7 Å². The van der Waals surface area contributed by atoms with Gasteiger partial charge >= 0.3 is 0 Å². The Balaban J connectivity index is 2.13. The van der Waals surface area contributed by atoms with E-state index in [1.165, 1.54) is 37.0 Å². The zero-order chi connectivity index (χ0) is 35.7. The first-order valence-electron chi connectivity index (χ1n) is 17.1. The molecule has 2 N–H and O–H groups in total. The highest BCUT2D eigenvalue weighted by molar-refractivity contribution is 7.92. The summed E-state index contributed by atoms with van der Waals surface area (Å²) in [6.45, 7) is 4.08. The van der Waals surface area contributed by atoms with Crippen molar-refractivity contribution in [3.63, 3.8) is 0 Å². The molecule has 2 saturated heterocycles. The molecule has 47 heavy (non-hydrogen) atoms. The van der Waals surface area contributed by atoms with E-state index in [-0.39, 0.29) is 18.1 Å². The van der Waals surface area contributed by atoms with Crippen molar-refractivity contribution in [2.45, 2.75) is 71.1 Å². The lowest BCUT2D eigenvalue weighted by Crippen LogP contribution is -2.41. The van der Waals surface area contributed by atoms with E-state index in [1.807, 2.05) is 28.2 Å². The monoisotopic (exact) mass is 753 g/mol. The van der Waals surface area contributed by atoms with E-state index in [0.717, 1.165) is 25.7 Å². The van der Waals surface area contributed by atoms with Gasteiger partial charge in [0.25, 0.3) is 20.2 Å². The third-order valence-corrected chi connectivity index (χ3v) is 14.7. The number of likely N-dealkylation sites (tertiary alicyclic amines) is 2. The van der Waals surface area contributed by atoms with Gasteiger partial charge in [0.15, 0.2) is 19.7 Å². The molecule has 0 radical (unpaired) electrons. The minimum Gasteiger partial charge on any atom is -0.328 e. The van der Waals surface area contributed by atoms with Crippen LogP contribution in [0.1, 0.15) is 71.1 Å². The highest BCUT2D eigenvalue weighted by atomic mass is 32.2. The van der Waals surface area contributed by atoms with Crippen LogP contribution >= 0.6 is 0 Å². The van der Waals surface area contributed by atoms with Crippen LogP contribution in [0.5, 0.6) is 0 Å². The summed E-state index contributed by atoms with van der Waals surface area (Å²) in [6.07, 6.45) is 10.7. The molecule has 0 aromatic rings. The second-order valence-electron chi connectivity index (χ2n) is 15.8. The Kier molecular flexibility index (Phi) is 16.1. The van der Waals surface area contributed by atoms with Crippen LogP contribution < -0.4 is 0 Å².